The molecular weight excluding hydrogens is 297 g/mol. The fraction of sp³-hybridized carbons (Fsp3) is 0.600. The lowest BCUT2D eigenvalue weighted by Crippen LogP contribution is -2.27. The number of rotatable bonds is 6. The molecule has 1 aliphatic heterocycles. The molecule has 112 valence electrons. The summed E-state index contributed by atoms with van der Waals surface area (Å²) in [4.78, 5) is 2.38. The van der Waals surface area contributed by atoms with Gasteiger partial charge in [0.2, 0.25) is 0 Å². The normalized spacial score (nSPS) is 17.4. The Morgan fingerprint density at radius 2 is 2.00 bits per heavy atom. The van der Waals surface area contributed by atoms with E-state index in [0.717, 1.165) is 18.7 Å². The molecule has 2 rings (SSSR count). The lowest BCUT2D eigenvalue weighted by molar-refractivity contribution is 0.181. The van der Waals surface area contributed by atoms with Crippen LogP contribution < -0.4 is 4.74 Å². The first kappa shape index (κ1) is 15.9. The summed E-state index contributed by atoms with van der Waals surface area (Å²) in [6, 6.07) is 3.73. The molecule has 20 heavy (non-hydrogen) atoms. The van der Waals surface area contributed by atoms with E-state index in [1.165, 1.54) is 12.8 Å². The van der Waals surface area contributed by atoms with Crippen molar-refractivity contribution in [1.29, 1.82) is 0 Å². The number of aliphatic hydroxyl groups excluding tert-OH is 1. The standard InChI is InChI=1S/C15H21Cl2NO2/c1-2-20-15-12(9-11(16)10-13(15)17)14(5-8-19)18-6-3-4-7-18/h9-10,14,19H,2-8H2,1H3. The van der Waals surface area contributed by atoms with Gasteiger partial charge in [-0.15, -0.1) is 0 Å². The topological polar surface area (TPSA) is 32.7 Å². The lowest BCUT2D eigenvalue weighted by Gasteiger charge is -2.29. The number of nitrogens with zero attached hydrogens (tertiary/aromatic N) is 1. The third kappa shape index (κ3) is 3.59. The summed E-state index contributed by atoms with van der Waals surface area (Å²) in [5, 5.41) is 10.5. The van der Waals surface area contributed by atoms with Crippen molar-refractivity contribution < 1.29 is 9.84 Å². The van der Waals surface area contributed by atoms with Gasteiger partial charge in [0.1, 0.15) is 5.75 Å². The van der Waals surface area contributed by atoms with Crippen LogP contribution >= 0.6 is 23.2 Å². The predicted octanol–water partition coefficient (Wildman–Crippen LogP) is 3.91. The predicted molar refractivity (Wildman–Crippen MR) is 82.9 cm³/mol. The number of likely N-dealkylation sites (tertiary alicyclic amines) is 1. The Morgan fingerprint density at radius 3 is 2.60 bits per heavy atom. The van der Waals surface area contributed by atoms with E-state index in [9.17, 15) is 5.11 Å². The minimum absolute atomic E-state index is 0.111. The van der Waals surface area contributed by atoms with E-state index in [1.54, 1.807) is 6.07 Å². The van der Waals surface area contributed by atoms with Crippen LogP contribution in [0.3, 0.4) is 0 Å². The summed E-state index contributed by atoms with van der Waals surface area (Å²) in [6.07, 6.45) is 3.05. The Morgan fingerprint density at radius 1 is 1.30 bits per heavy atom. The third-order valence-corrected chi connectivity index (χ3v) is 4.17. The second-order valence-corrected chi connectivity index (χ2v) is 5.85. The van der Waals surface area contributed by atoms with Crippen molar-refractivity contribution in [3.8, 4) is 5.75 Å². The van der Waals surface area contributed by atoms with Crippen molar-refractivity contribution in [1.82, 2.24) is 4.90 Å². The van der Waals surface area contributed by atoms with Crippen LogP contribution in [0.25, 0.3) is 0 Å². The highest BCUT2D eigenvalue weighted by molar-refractivity contribution is 6.35. The SMILES string of the molecule is CCOc1c(Cl)cc(Cl)cc1C(CCO)N1CCCC1. The molecule has 1 N–H and O–H groups in total. The molecule has 1 aliphatic rings. The Bertz CT molecular complexity index is 448. The van der Waals surface area contributed by atoms with E-state index in [4.69, 9.17) is 27.9 Å². The molecule has 1 atom stereocenters. The van der Waals surface area contributed by atoms with Gasteiger partial charge in [0.25, 0.3) is 0 Å². The Balaban J connectivity index is 2.39. The fourth-order valence-corrected chi connectivity index (χ4v) is 3.40. The minimum Gasteiger partial charge on any atom is -0.492 e. The van der Waals surface area contributed by atoms with Gasteiger partial charge in [-0.25, -0.2) is 0 Å². The van der Waals surface area contributed by atoms with Crippen LogP contribution in [-0.2, 0) is 0 Å². The third-order valence-electron chi connectivity index (χ3n) is 3.67. The van der Waals surface area contributed by atoms with Crippen molar-refractivity contribution in [2.45, 2.75) is 32.2 Å². The molecular formula is C15H21Cl2NO2. The van der Waals surface area contributed by atoms with Gasteiger partial charge in [-0.2, -0.15) is 0 Å². The zero-order valence-corrected chi connectivity index (χ0v) is 13.3. The molecule has 3 nitrogen and oxygen atoms in total. The van der Waals surface area contributed by atoms with E-state index >= 15 is 0 Å². The van der Waals surface area contributed by atoms with E-state index in [0.29, 0.717) is 28.8 Å². The molecule has 0 bridgehead atoms. The molecule has 5 heteroatoms. The first-order valence-electron chi connectivity index (χ1n) is 7.14. The average molecular weight is 318 g/mol. The molecule has 0 aliphatic carbocycles. The van der Waals surface area contributed by atoms with Crippen LogP contribution in [-0.4, -0.2) is 36.3 Å². The molecule has 0 radical (unpaired) electrons. The monoisotopic (exact) mass is 317 g/mol. The van der Waals surface area contributed by atoms with Crippen molar-refractivity contribution in [2.75, 3.05) is 26.3 Å². The van der Waals surface area contributed by atoms with Gasteiger partial charge >= 0.3 is 0 Å². The van der Waals surface area contributed by atoms with Crippen molar-refractivity contribution >= 4 is 23.2 Å². The second-order valence-electron chi connectivity index (χ2n) is 5.01. The highest BCUT2D eigenvalue weighted by Crippen LogP contribution is 2.40. The second kappa shape index (κ2) is 7.51. The number of halogens is 2. The Hall–Kier alpha value is -0.480. The highest BCUT2D eigenvalue weighted by atomic mass is 35.5. The van der Waals surface area contributed by atoms with Crippen molar-refractivity contribution in [3.05, 3.63) is 27.7 Å². The van der Waals surface area contributed by atoms with Gasteiger partial charge in [-0.3, -0.25) is 4.90 Å². The maximum atomic E-state index is 9.38. The number of ether oxygens (including phenoxy) is 1. The molecule has 0 spiro atoms. The quantitative estimate of drug-likeness (QED) is 0.863. The van der Waals surface area contributed by atoms with Gasteiger partial charge in [0.05, 0.1) is 11.6 Å². The van der Waals surface area contributed by atoms with E-state index in [1.807, 2.05) is 13.0 Å². The summed E-state index contributed by atoms with van der Waals surface area (Å²) < 4.78 is 5.71. The highest BCUT2D eigenvalue weighted by Gasteiger charge is 2.27. The van der Waals surface area contributed by atoms with E-state index < -0.39 is 0 Å². The van der Waals surface area contributed by atoms with Gasteiger partial charge in [0.15, 0.2) is 0 Å². The number of benzene rings is 1. The van der Waals surface area contributed by atoms with Crippen molar-refractivity contribution in [3.63, 3.8) is 0 Å². The molecule has 1 saturated heterocycles. The van der Waals surface area contributed by atoms with Gasteiger partial charge in [-0.05, 0) is 51.4 Å². The summed E-state index contributed by atoms with van der Waals surface area (Å²) in [5.74, 6) is 0.698. The van der Waals surface area contributed by atoms with Gasteiger partial charge in [0, 0.05) is 23.2 Å². The lowest BCUT2D eigenvalue weighted by atomic mass is 10.0. The number of aliphatic hydroxyl groups is 1. The summed E-state index contributed by atoms with van der Waals surface area (Å²) in [5.41, 5.74) is 0.986. The Labute approximate surface area is 130 Å². The van der Waals surface area contributed by atoms with Crippen LogP contribution in [0.15, 0.2) is 12.1 Å². The first-order chi connectivity index (χ1) is 9.67. The molecule has 1 aromatic carbocycles. The van der Waals surface area contributed by atoms with E-state index in [-0.39, 0.29) is 12.6 Å². The van der Waals surface area contributed by atoms with Crippen LogP contribution in [0.4, 0.5) is 0 Å². The Kier molecular flexibility index (Phi) is 5.97. The zero-order chi connectivity index (χ0) is 14.5. The average Bonchev–Trinajstić information content (AvgIpc) is 2.93. The largest absolute Gasteiger partial charge is 0.492 e. The number of hydrogen-bond donors (Lipinski definition) is 1. The molecule has 1 aromatic rings. The number of hydrogen-bond acceptors (Lipinski definition) is 3. The maximum Gasteiger partial charge on any atom is 0.142 e. The van der Waals surface area contributed by atoms with Crippen molar-refractivity contribution in [2.24, 2.45) is 0 Å². The van der Waals surface area contributed by atoms with Gasteiger partial charge < -0.3 is 9.84 Å². The minimum atomic E-state index is 0.111. The molecule has 0 amide bonds. The smallest absolute Gasteiger partial charge is 0.142 e. The van der Waals surface area contributed by atoms with Crippen LogP contribution in [0.2, 0.25) is 10.0 Å². The summed E-state index contributed by atoms with van der Waals surface area (Å²) in [7, 11) is 0. The molecule has 0 saturated carbocycles. The molecule has 1 heterocycles. The van der Waals surface area contributed by atoms with Crippen LogP contribution in [0, 0.1) is 0 Å². The zero-order valence-electron chi connectivity index (χ0n) is 11.7. The van der Waals surface area contributed by atoms with Crippen LogP contribution in [0.1, 0.15) is 37.8 Å². The molecule has 1 fully saturated rings. The van der Waals surface area contributed by atoms with Gasteiger partial charge in [-0.1, -0.05) is 23.2 Å². The first-order valence-corrected chi connectivity index (χ1v) is 7.89. The molecule has 1 unspecified atom stereocenters. The summed E-state index contributed by atoms with van der Waals surface area (Å²) in [6.45, 7) is 4.71. The fourth-order valence-electron chi connectivity index (χ4n) is 2.83. The van der Waals surface area contributed by atoms with Crippen LogP contribution in [0.5, 0.6) is 5.75 Å². The van der Waals surface area contributed by atoms with E-state index in [2.05, 4.69) is 4.90 Å². The summed E-state index contributed by atoms with van der Waals surface area (Å²) >= 11 is 12.4. The maximum absolute atomic E-state index is 9.38. The molecule has 0 aromatic heterocycles.